The van der Waals surface area contributed by atoms with Crippen LogP contribution >= 0.6 is 0 Å². The van der Waals surface area contributed by atoms with Crippen molar-refractivity contribution in [1.29, 1.82) is 0 Å². The highest BCUT2D eigenvalue weighted by molar-refractivity contribution is 5.95. The van der Waals surface area contributed by atoms with E-state index >= 15 is 0 Å². The molecule has 146 valence electrons. The summed E-state index contributed by atoms with van der Waals surface area (Å²) in [6.07, 6.45) is 2.73. The third-order valence-electron chi connectivity index (χ3n) is 5.76. The molecule has 1 fully saturated rings. The molecule has 1 heterocycles. The molecule has 0 aromatic heterocycles. The van der Waals surface area contributed by atoms with Crippen LogP contribution in [0, 0.1) is 11.8 Å². The summed E-state index contributed by atoms with van der Waals surface area (Å²) >= 11 is 0. The summed E-state index contributed by atoms with van der Waals surface area (Å²) in [6.45, 7) is 6.17. The Labute approximate surface area is 160 Å². The predicted octanol–water partition coefficient (Wildman–Crippen LogP) is 3.69. The molecule has 2 amide bonds. The number of carbonyl (C=O) groups excluding carboxylic acids is 2. The summed E-state index contributed by atoms with van der Waals surface area (Å²) in [4.78, 5) is 25.1. The number of esters is 1. The summed E-state index contributed by atoms with van der Waals surface area (Å²) in [5.41, 5.74) is 1.66. The Morgan fingerprint density at radius 1 is 1.15 bits per heavy atom. The van der Waals surface area contributed by atoms with Gasteiger partial charge < -0.3 is 20.1 Å². The van der Waals surface area contributed by atoms with Crippen molar-refractivity contribution in [2.45, 2.75) is 52.2 Å². The van der Waals surface area contributed by atoms with Crippen LogP contribution in [0.2, 0.25) is 0 Å². The topological polar surface area (TPSA) is 76.7 Å². The van der Waals surface area contributed by atoms with E-state index in [1.165, 1.54) is 0 Å². The number of methoxy groups -OCH3 is 1. The Kier molecular flexibility index (Phi) is 5.73. The molecular weight excluding hydrogens is 344 g/mol. The van der Waals surface area contributed by atoms with Crippen LogP contribution in [0.4, 0.5) is 4.79 Å². The lowest BCUT2D eigenvalue weighted by Gasteiger charge is -2.33. The van der Waals surface area contributed by atoms with Crippen LogP contribution in [0.5, 0.6) is 5.75 Å². The molecule has 3 rings (SSSR count). The second kappa shape index (κ2) is 8.03. The molecular formula is C21H28N2O4. The molecule has 0 spiro atoms. The van der Waals surface area contributed by atoms with Crippen LogP contribution in [-0.2, 0) is 9.53 Å². The number of rotatable bonds is 4. The normalized spacial score (nSPS) is 28.2. The molecule has 2 N–H and O–H groups in total. The molecule has 27 heavy (non-hydrogen) atoms. The SMILES string of the molecule is COc1ccccc1[C@@H]1NC(=O)NC(C)=C1C(=O)O[C@@H]1CC[C@@H](C)[C@H](C)C1. The zero-order chi connectivity index (χ0) is 19.6. The van der Waals surface area contributed by atoms with Gasteiger partial charge in [0.05, 0.1) is 18.7 Å². The van der Waals surface area contributed by atoms with Crippen molar-refractivity contribution in [2.75, 3.05) is 7.11 Å². The Morgan fingerprint density at radius 3 is 2.59 bits per heavy atom. The van der Waals surface area contributed by atoms with Gasteiger partial charge in [0, 0.05) is 11.3 Å². The largest absolute Gasteiger partial charge is 0.496 e. The Morgan fingerprint density at radius 2 is 1.89 bits per heavy atom. The van der Waals surface area contributed by atoms with Crippen LogP contribution in [-0.4, -0.2) is 25.2 Å². The predicted molar refractivity (Wildman–Crippen MR) is 102 cm³/mol. The lowest BCUT2D eigenvalue weighted by Crippen LogP contribution is -2.46. The van der Waals surface area contributed by atoms with E-state index < -0.39 is 6.04 Å². The molecule has 6 heteroatoms. The van der Waals surface area contributed by atoms with Gasteiger partial charge in [-0.1, -0.05) is 32.0 Å². The molecule has 1 aliphatic heterocycles. The first-order valence-electron chi connectivity index (χ1n) is 9.52. The second-order valence-electron chi connectivity index (χ2n) is 7.61. The number of nitrogens with one attached hydrogen (secondary N) is 2. The molecule has 1 aliphatic carbocycles. The molecule has 0 saturated heterocycles. The lowest BCUT2D eigenvalue weighted by atomic mass is 9.80. The zero-order valence-corrected chi connectivity index (χ0v) is 16.4. The molecule has 0 radical (unpaired) electrons. The van der Waals surface area contributed by atoms with E-state index in [0.717, 1.165) is 24.8 Å². The van der Waals surface area contributed by atoms with Crippen molar-refractivity contribution in [2.24, 2.45) is 11.8 Å². The van der Waals surface area contributed by atoms with Gasteiger partial charge in [-0.25, -0.2) is 9.59 Å². The third-order valence-corrected chi connectivity index (χ3v) is 5.76. The number of urea groups is 1. The molecule has 6 nitrogen and oxygen atoms in total. The maximum Gasteiger partial charge on any atom is 0.338 e. The van der Waals surface area contributed by atoms with Gasteiger partial charge in [0.1, 0.15) is 11.9 Å². The van der Waals surface area contributed by atoms with Crippen LogP contribution in [0.1, 0.15) is 51.6 Å². The van der Waals surface area contributed by atoms with Crippen molar-refractivity contribution in [3.8, 4) is 5.75 Å². The highest BCUT2D eigenvalue weighted by Gasteiger charge is 2.36. The molecule has 4 atom stereocenters. The quantitative estimate of drug-likeness (QED) is 0.790. The molecule has 2 aliphatic rings. The van der Waals surface area contributed by atoms with Gasteiger partial charge in [0.15, 0.2) is 0 Å². The number of hydrogen-bond acceptors (Lipinski definition) is 4. The first kappa shape index (κ1) is 19.3. The van der Waals surface area contributed by atoms with Gasteiger partial charge in [0.2, 0.25) is 0 Å². The smallest absolute Gasteiger partial charge is 0.338 e. The molecule has 0 unspecified atom stereocenters. The average Bonchev–Trinajstić information content (AvgIpc) is 2.64. The minimum absolute atomic E-state index is 0.0834. The minimum atomic E-state index is -0.609. The van der Waals surface area contributed by atoms with Crippen LogP contribution in [0.25, 0.3) is 0 Å². The van der Waals surface area contributed by atoms with Crippen molar-refractivity contribution in [1.82, 2.24) is 10.6 Å². The molecule has 1 aromatic carbocycles. The van der Waals surface area contributed by atoms with Crippen LogP contribution in [0.15, 0.2) is 35.5 Å². The number of para-hydroxylation sites is 1. The van der Waals surface area contributed by atoms with E-state index in [1.807, 2.05) is 24.3 Å². The van der Waals surface area contributed by atoms with Gasteiger partial charge in [-0.2, -0.15) is 0 Å². The summed E-state index contributed by atoms with van der Waals surface area (Å²) in [6, 6.07) is 6.41. The first-order chi connectivity index (χ1) is 12.9. The van der Waals surface area contributed by atoms with E-state index in [9.17, 15) is 9.59 Å². The summed E-state index contributed by atoms with van der Waals surface area (Å²) in [7, 11) is 1.57. The van der Waals surface area contributed by atoms with Gasteiger partial charge in [-0.15, -0.1) is 0 Å². The van der Waals surface area contributed by atoms with Crippen LogP contribution < -0.4 is 15.4 Å². The maximum atomic E-state index is 13.0. The first-order valence-corrected chi connectivity index (χ1v) is 9.52. The van der Waals surface area contributed by atoms with Gasteiger partial charge in [0.25, 0.3) is 0 Å². The fourth-order valence-electron chi connectivity index (χ4n) is 3.92. The van der Waals surface area contributed by atoms with E-state index in [4.69, 9.17) is 9.47 Å². The highest BCUT2D eigenvalue weighted by atomic mass is 16.5. The lowest BCUT2D eigenvalue weighted by molar-refractivity contribution is -0.147. The fraction of sp³-hybridized carbons (Fsp3) is 0.524. The zero-order valence-electron chi connectivity index (χ0n) is 16.4. The Balaban J connectivity index is 1.87. The Bertz CT molecular complexity index is 758. The summed E-state index contributed by atoms with van der Waals surface area (Å²) in [5, 5.41) is 5.52. The summed E-state index contributed by atoms with van der Waals surface area (Å²) < 4.78 is 11.3. The number of benzene rings is 1. The third kappa shape index (κ3) is 4.10. The maximum absolute atomic E-state index is 13.0. The minimum Gasteiger partial charge on any atom is -0.496 e. The number of hydrogen-bond donors (Lipinski definition) is 2. The van der Waals surface area contributed by atoms with Crippen molar-refractivity contribution >= 4 is 12.0 Å². The average molecular weight is 372 g/mol. The van der Waals surface area contributed by atoms with E-state index in [1.54, 1.807) is 14.0 Å². The number of ether oxygens (including phenoxy) is 2. The molecule has 0 bridgehead atoms. The van der Waals surface area contributed by atoms with Gasteiger partial charge in [-0.3, -0.25) is 0 Å². The molecule has 1 aromatic rings. The fourth-order valence-corrected chi connectivity index (χ4v) is 3.92. The number of carbonyl (C=O) groups is 2. The van der Waals surface area contributed by atoms with Crippen LogP contribution in [0.3, 0.4) is 0 Å². The molecule has 1 saturated carbocycles. The standard InChI is InChI=1S/C21H28N2O4/c1-12-9-10-15(11-13(12)2)27-20(24)18-14(3)22-21(25)23-19(18)16-7-5-6-8-17(16)26-4/h5-8,12-13,15,19H,9-11H2,1-4H3,(H2,22,23,25)/t12-,13-,15-,19+/m1/s1. The van der Waals surface area contributed by atoms with E-state index in [2.05, 4.69) is 24.5 Å². The second-order valence-corrected chi connectivity index (χ2v) is 7.61. The van der Waals surface area contributed by atoms with Crippen molar-refractivity contribution in [3.63, 3.8) is 0 Å². The van der Waals surface area contributed by atoms with Crippen molar-refractivity contribution < 1.29 is 19.1 Å². The highest BCUT2D eigenvalue weighted by Crippen LogP contribution is 2.35. The number of allylic oxidation sites excluding steroid dienone is 1. The Hall–Kier alpha value is -2.50. The number of amides is 2. The monoisotopic (exact) mass is 372 g/mol. The van der Waals surface area contributed by atoms with E-state index in [0.29, 0.717) is 28.9 Å². The van der Waals surface area contributed by atoms with E-state index in [-0.39, 0.29) is 18.1 Å². The van der Waals surface area contributed by atoms with Crippen molar-refractivity contribution in [3.05, 3.63) is 41.1 Å². The summed E-state index contributed by atoms with van der Waals surface area (Å²) in [5.74, 6) is 1.41. The van der Waals surface area contributed by atoms with Gasteiger partial charge >= 0.3 is 12.0 Å². The van der Waals surface area contributed by atoms with Gasteiger partial charge in [-0.05, 0) is 44.1 Å².